The van der Waals surface area contributed by atoms with Gasteiger partial charge in [-0.25, -0.2) is 0 Å². The maximum absolute atomic E-state index is 11.8. The molecule has 1 aliphatic rings. The lowest BCUT2D eigenvalue weighted by atomic mass is 9.96. The first kappa shape index (κ1) is 10.5. The molecule has 1 amide bonds. The van der Waals surface area contributed by atoms with Gasteiger partial charge in [-0.1, -0.05) is 17.7 Å². The first-order valence-corrected chi connectivity index (χ1v) is 5.13. The third-order valence-electron chi connectivity index (χ3n) is 2.42. The zero-order valence-corrected chi connectivity index (χ0v) is 9.16. The molecule has 3 nitrogen and oxygen atoms in total. The summed E-state index contributed by atoms with van der Waals surface area (Å²) in [6.07, 6.45) is 0. The van der Waals surface area contributed by atoms with E-state index >= 15 is 0 Å². The van der Waals surface area contributed by atoms with Gasteiger partial charge in [0.1, 0.15) is 0 Å². The van der Waals surface area contributed by atoms with E-state index < -0.39 is 5.60 Å². The van der Waals surface area contributed by atoms with Crippen LogP contribution in [0.3, 0.4) is 0 Å². The molecule has 1 aliphatic heterocycles. The summed E-state index contributed by atoms with van der Waals surface area (Å²) in [6, 6.07) is 6.83. The summed E-state index contributed by atoms with van der Waals surface area (Å²) in [5.74, 6) is -0.0796. The Morgan fingerprint density at radius 3 is 2.73 bits per heavy atom. The Kier molecular flexibility index (Phi) is 2.44. The molecule has 0 unspecified atom stereocenters. The second-order valence-electron chi connectivity index (χ2n) is 4.17. The van der Waals surface area contributed by atoms with Crippen LogP contribution in [0.2, 0.25) is 5.02 Å². The first-order valence-electron chi connectivity index (χ1n) is 4.75. The van der Waals surface area contributed by atoms with Crippen LogP contribution in [0.5, 0.6) is 0 Å². The van der Waals surface area contributed by atoms with Crippen LogP contribution in [0.1, 0.15) is 17.3 Å². The Balaban J connectivity index is 2.10. The number of nitrogens with zero attached hydrogens (tertiary/aromatic N) is 1. The van der Waals surface area contributed by atoms with E-state index in [-0.39, 0.29) is 5.91 Å². The van der Waals surface area contributed by atoms with Gasteiger partial charge >= 0.3 is 0 Å². The molecule has 0 aliphatic carbocycles. The predicted octanol–water partition coefficient (Wildman–Crippen LogP) is 1.55. The Hall–Kier alpha value is -1.06. The second kappa shape index (κ2) is 3.51. The van der Waals surface area contributed by atoms with Crippen LogP contribution >= 0.6 is 11.6 Å². The van der Waals surface area contributed by atoms with Gasteiger partial charge in [0, 0.05) is 10.6 Å². The van der Waals surface area contributed by atoms with E-state index in [1.807, 2.05) is 0 Å². The summed E-state index contributed by atoms with van der Waals surface area (Å²) in [5, 5.41) is 10.1. The number of hydrogen-bond donors (Lipinski definition) is 1. The molecule has 4 heteroatoms. The Morgan fingerprint density at radius 1 is 1.53 bits per heavy atom. The monoisotopic (exact) mass is 225 g/mol. The van der Waals surface area contributed by atoms with Crippen LogP contribution in [-0.2, 0) is 0 Å². The van der Waals surface area contributed by atoms with Crippen molar-refractivity contribution in [3.8, 4) is 0 Å². The lowest BCUT2D eigenvalue weighted by Crippen LogP contribution is -2.61. The van der Waals surface area contributed by atoms with Gasteiger partial charge in [0.15, 0.2) is 0 Å². The van der Waals surface area contributed by atoms with E-state index in [9.17, 15) is 9.90 Å². The highest BCUT2D eigenvalue weighted by Gasteiger charge is 2.39. The minimum absolute atomic E-state index is 0.0796. The van der Waals surface area contributed by atoms with E-state index in [0.29, 0.717) is 23.7 Å². The molecule has 1 aromatic rings. The van der Waals surface area contributed by atoms with Crippen LogP contribution < -0.4 is 0 Å². The average Bonchev–Trinajstić information content (AvgIpc) is 2.13. The lowest BCUT2D eigenvalue weighted by molar-refractivity contribution is -0.0668. The third kappa shape index (κ3) is 2.13. The molecule has 0 atom stereocenters. The molecule has 1 fully saturated rings. The van der Waals surface area contributed by atoms with Crippen molar-refractivity contribution < 1.29 is 9.90 Å². The van der Waals surface area contributed by atoms with Gasteiger partial charge < -0.3 is 10.0 Å². The van der Waals surface area contributed by atoms with Crippen molar-refractivity contribution in [3.63, 3.8) is 0 Å². The van der Waals surface area contributed by atoms with Crippen molar-refractivity contribution in [1.82, 2.24) is 4.90 Å². The van der Waals surface area contributed by atoms with Crippen LogP contribution in [0.15, 0.2) is 24.3 Å². The summed E-state index contributed by atoms with van der Waals surface area (Å²) in [6.45, 7) is 2.49. The number of β-amino-alcohol motifs (C(OH)–C–C–N with tert-alkyl or cyclic N) is 1. The highest BCUT2D eigenvalue weighted by Crippen LogP contribution is 2.22. The summed E-state index contributed by atoms with van der Waals surface area (Å²) in [7, 11) is 0. The fraction of sp³-hybridized carbons (Fsp3) is 0.364. The van der Waals surface area contributed by atoms with Gasteiger partial charge in [-0.05, 0) is 25.1 Å². The van der Waals surface area contributed by atoms with Gasteiger partial charge in [-0.2, -0.15) is 0 Å². The van der Waals surface area contributed by atoms with Crippen molar-refractivity contribution in [1.29, 1.82) is 0 Å². The first-order chi connectivity index (χ1) is 6.98. The van der Waals surface area contributed by atoms with Crippen molar-refractivity contribution in [3.05, 3.63) is 34.9 Å². The predicted molar refractivity (Wildman–Crippen MR) is 58.0 cm³/mol. The zero-order chi connectivity index (χ0) is 11.1. The van der Waals surface area contributed by atoms with Crippen LogP contribution in [0.4, 0.5) is 0 Å². The topological polar surface area (TPSA) is 40.5 Å². The molecular weight excluding hydrogens is 214 g/mol. The third-order valence-corrected chi connectivity index (χ3v) is 2.66. The largest absolute Gasteiger partial charge is 0.386 e. The van der Waals surface area contributed by atoms with Crippen molar-refractivity contribution in [2.45, 2.75) is 12.5 Å². The quantitative estimate of drug-likeness (QED) is 0.788. The maximum atomic E-state index is 11.8. The number of likely N-dealkylation sites (tertiary alicyclic amines) is 1. The van der Waals surface area contributed by atoms with E-state index in [0.717, 1.165) is 0 Å². The molecule has 0 bridgehead atoms. The summed E-state index contributed by atoms with van der Waals surface area (Å²) in [5.41, 5.74) is -0.160. The molecule has 1 aromatic carbocycles. The molecule has 80 valence electrons. The molecule has 15 heavy (non-hydrogen) atoms. The molecule has 1 heterocycles. The van der Waals surface area contributed by atoms with E-state index in [2.05, 4.69) is 0 Å². The highest BCUT2D eigenvalue weighted by atomic mass is 35.5. The number of carbonyl (C=O) groups excluding carboxylic acids is 1. The Morgan fingerprint density at radius 2 is 2.20 bits per heavy atom. The molecule has 0 aromatic heterocycles. The zero-order valence-electron chi connectivity index (χ0n) is 8.40. The molecule has 1 saturated heterocycles. The van der Waals surface area contributed by atoms with Crippen molar-refractivity contribution in [2.24, 2.45) is 0 Å². The number of amides is 1. The standard InChI is InChI=1S/C11H12ClNO2/c1-11(15)6-13(7-11)10(14)8-3-2-4-9(12)5-8/h2-5,15H,6-7H2,1H3. The van der Waals surface area contributed by atoms with Crippen LogP contribution in [0.25, 0.3) is 0 Å². The minimum atomic E-state index is -0.728. The molecular formula is C11H12ClNO2. The Labute approximate surface area is 93.3 Å². The fourth-order valence-electron chi connectivity index (χ4n) is 1.72. The molecule has 1 N–H and O–H groups in total. The van der Waals surface area contributed by atoms with Crippen LogP contribution in [0, 0.1) is 0 Å². The highest BCUT2D eigenvalue weighted by molar-refractivity contribution is 6.30. The smallest absolute Gasteiger partial charge is 0.254 e. The molecule has 2 rings (SSSR count). The maximum Gasteiger partial charge on any atom is 0.254 e. The van der Waals surface area contributed by atoms with E-state index in [1.54, 1.807) is 36.1 Å². The van der Waals surface area contributed by atoms with Crippen molar-refractivity contribution >= 4 is 17.5 Å². The van der Waals surface area contributed by atoms with Gasteiger partial charge in [0.25, 0.3) is 5.91 Å². The average molecular weight is 226 g/mol. The number of halogens is 1. The van der Waals surface area contributed by atoms with Gasteiger partial charge in [-0.15, -0.1) is 0 Å². The SMILES string of the molecule is CC1(O)CN(C(=O)c2cccc(Cl)c2)C1. The number of benzene rings is 1. The van der Waals surface area contributed by atoms with Crippen LogP contribution in [-0.4, -0.2) is 34.6 Å². The summed E-state index contributed by atoms with van der Waals surface area (Å²) >= 11 is 5.79. The number of aliphatic hydroxyl groups is 1. The van der Waals surface area contributed by atoms with E-state index in [1.165, 1.54) is 0 Å². The number of hydrogen-bond acceptors (Lipinski definition) is 2. The summed E-state index contributed by atoms with van der Waals surface area (Å²) < 4.78 is 0. The normalized spacial score (nSPS) is 18.5. The number of rotatable bonds is 1. The lowest BCUT2D eigenvalue weighted by Gasteiger charge is -2.44. The minimum Gasteiger partial charge on any atom is -0.386 e. The van der Waals surface area contributed by atoms with Gasteiger partial charge in [-0.3, -0.25) is 4.79 Å². The summed E-state index contributed by atoms with van der Waals surface area (Å²) in [4.78, 5) is 13.4. The van der Waals surface area contributed by atoms with Gasteiger partial charge in [0.05, 0.1) is 18.7 Å². The molecule has 0 spiro atoms. The second-order valence-corrected chi connectivity index (χ2v) is 4.60. The van der Waals surface area contributed by atoms with E-state index in [4.69, 9.17) is 11.6 Å². The molecule has 0 radical (unpaired) electrons. The molecule has 0 saturated carbocycles. The van der Waals surface area contributed by atoms with Crippen molar-refractivity contribution in [2.75, 3.05) is 13.1 Å². The Bertz CT molecular complexity index is 395. The van der Waals surface area contributed by atoms with Gasteiger partial charge in [0.2, 0.25) is 0 Å². The fourth-order valence-corrected chi connectivity index (χ4v) is 1.91. The number of carbonyl (C=O) groups is 1.